The van der Waals surface area contributed by atoms with Crippen LogP contribution in [-0.4, -0.2) is 63.9 Å². The van der Waals surface area contributed by atoms with Crippen molar-refractivity contribution < 1.29 is 9.59 Å². The van der Waals surface area contributed by atoms with E-state index in [0.717, 1.165) is 15.3 Å². The van der Waals surface area contributed by atoms with Gasteiger partial charge in [-0.1, -0.05) is 28.7 Å². The molecule has 0 radical (unpaired) electrons. The van der Waals surface area contributed by atoms with Gasteiger partial charge in [-0.05, 0) is 12.1 Å². The standard InChI is InChI=1S/C16H19N7O2S/c1-22(2)14(24)10-23-9-12(20-21-23)15(25)17-7-8-18-16-19-11-5-3-4-6-13(11)26-16/h3-6,9H,7-8,10H2,1-2H3,(H,17,25)(H,18,19). The molecule has 9 nitrogen and oxygen atoms in total. The minimum atomic E-state index is -0.334. The maximum atomic E-state index is 12.1. The van der Waals surface area contributed by atoms with Gasteiger partial charge in [-0.3, -0.25) is 9.59 Å². The highest BCUT2D eigenvalue weighted by Crippen LogP contribution is 2.24. The first-order valence-corrected chi connectivity index (χ1v) is 8.82. The number of amides is 2. The SMILES string of the molecule is CN(C)C(=O)Cn1cc(C(=O)NCCNc2nc3ccccc3s2)nn1. The first-order valence-electron chi connectivity index (χ1n) is 8.01. The molecule has 3 rings (SSSR count). The summed E-state index contributed by atoms with van der Waals surface area (Å²) in [6.45, 7) is 1.00. The molecule has 26 heavy (non-hydrogen) atoms. The number of anilines is 1. The van der Waals surface area contributed by atoms with E-state index in [0.29, 0.717) is 13.1 Å². The molecule has 2 heterocycles. The van der Waals surface area contributed by atoms with Crippen LogP contribution in [0.4, 0.5) is 5.13 Å². The van der Waals surface area contributed by atoms with E-state index < -0.39 is 0 Å². The molecule has 0 aliphatic carbocycles. The largest absolute Gasteiger partial charge is 0.360 e. The van der Waals surface area contributed by atoms with E-state index in [2.05, 4.69) is 25.9 Å². The second-order valence-electron chi connectivity index (χ2n) is 5.76. The number of hydrogen-bond donors (Lipinski definition) is 2. The van der Waals surface area contributed by atoms with Crippen molar-refractivity contribution in [2.24, 2.45) is 0 Å². The van der Waals surface area contributed by atoms with E-state index in [1.807, 2.05) is 24.3 Å². The Hall–Kier alpha value is -3.01. The highest BCUT2D eigenvalue weighted by molar-refractivity contribution is 7.22. The van der Waals surface area contributed by atoms with Gasteiger partial charge in [-0.2, -0.15) is 0 Å². The minimum absolute atomic E-state index is 0.0481. The van der Waals surface area contributed by atoms with Crippen LogP contribution in [0.15, 0.2) is 30.5 Å². The number of nitrogens with one attached hydrogen (secondary N) is 2. The van der Waals surface area contributed by atoms with E-state index in [-0.39, 0.29) is 24.1 Å². The first kappa shape index (κ1) is 17.8. The zero-order valence-electron chi connectivity index (χ0n) is 14.5. The number of carbonyl (C=O) groups is 2. The predicted octanol–water partition coefficient (Wildman–Crippen LogP) is 0.818. The van der Waals surface area contributed by atoms with Gasteiger partial charge in [-0.15, -0.1) is 5.10 Å². The van der Waals surface area contributed by atoms with Crippen molar-refractivity contribution in [1.82, 2.24) is 30.2 Å². The maximum Gasteiger partial charge on any atom is 0.273 e. The molecule has 1 aromatic carbocycles. The highest BCUT2D eigenvalue weighted by atomic mass is 32.1. The second kappa shape index (κ2) is 7.91. The predicted molar refractivity (Wildman–Crippen MR) is 99.2 cm³/mol. The first-order chi connectivity index (χ1) is 12.5. The van der Waals surface area contributed by atoms with Crippen LogP contribution in [0.2, 0.25) is 0 Å². The number of fused-ring (bicyclic) bond motifs is 1. The fourth-order valence-corrected chi connectivity index (χ4v) is 3.03. The summed E-state index contributed by atoms with van der Waals surface area (Å²) in [5, 5.41) is 14.3. The number of nitrogens with zero attached hydrogens (tertiary/aromatic N) is 5. The van der Waals surface area contributed by atoms with Gasteiger partial charge in [-0.25, -0.2) is 9.67 Å². The number of likely N-dealkylation sites (N-methyl/N-ethyl adjacent to an activating group) is 1. The van der Waals surface area contributed by atoms with Crippen molar-refractivity contribution in [3.05, 3.63) is 36.2 Å². The average molecular weight is 373 g/mol. The van der Waals surface area contributed by atoms with Gasteiger partial charge in [0, 0.05) is 27.2 Å². The zero-order chi connectivity index (χ0) is 18.5. The normalized spacial score (nSPS) is 10.7. The molecule has 0 spiro atoms. The third-order valence-corrected chi connectivity index (χ3v) is 4.54. The van der Waals surface area contributed by atoms with Crippen molar-refractivity contribution >= 4 is 38.5 Å². The molecule has 136 valence electrons. The second-order valence-corrected chi connectivity index (χ2v) is 6.79. The summed E-state index contributed by atoms with van der Waals surface area (Å²) >= 11 is 1.57. The summed E-state index contributed by atoms with van der Waals surface area (Å²) in [6.07, 6.45) is 1.46. The number of thiazole rings is 1. The topological polar surface area (TPSA) is 105 Å². The van der Waals surface area contributed by atoms with Crippen LogP contribution in [0.3, 0.4) is 0 Å². The lowest BCUT2D eigenvalue weighted by atomic mass is 10.3. The van der Waals surface area contributed by atoms with Crippen molar-refractivity contribution in [2.45, 2.75) is 6.54 Å². The molecule has 0 unspecified atom stereocenters. The fourth-order valence-electron chi connectivity index (χ4n) is 2.14. The maximum absolute atomic E-state index is 12.1. The number of rotatable bonds is 7. The van der Waals surface area contributed by atoms with Crippen LogP contribution < -0.4 is 10.6 Å². The number of para-hydroxylation sites is 1. The van der Waals surface area contributed by atoms with Crippen LogP contribution in [0.25, 0.3) is 10.2 Å². The number of hydrogen-bond acceptors (Lipinski definition) is 7. The van der Waals surface area contributed by atoms with Crippen LogP contribution in [0.1, 0.15) is 10.5 Å². The monoisotopic (exact) mass is 373 g/mol. The van der Waals surface area contributed by atoms with Gasteiger partial charge in [0.05, 0.1) is 16.4 Å². The molecule has 0 saturated carbocycles. The van der Waals surface area contributed by atoms with Crippen molar-refractivity contribution in [3.8, 4) is 0 Å². The number of benzene rings is 1. The van der Waals surface area contributed by atoms with Crippen molar-refractivity contribution in [1.29, 1.82) is 0 Å². The van der Waals surface area contributed by atoms with E-state index in [1.54, 1.807) is 25.4 Å². The Kier molecular flexibility index (Phi) is 5.42. The number of aromatic nitrogens is 4. The van der Waals surface area contributed by atoms with Crippen LogP contribution in [0, 0.1) is 0 Å². The van der Waals surface area contributed by atoms with Gasteiger partial charge in [0.15, 0.2) is 10.8 Å². The fraction of sp³-hybridized carbons (Fsp3) is 0.312. The Morgan fingerprint density at radius 2 is 2.04 bits per heavy atom. The van der Waals surface area contributed by atoms with Gasteiger partial charge in [0.25, 0.3) is 5.91 Å². The van der Waals surface area contributed by atoms with Crippen molar-refractivity contribution in [3.63, 3.8) is 0 Å². The highest BCUT2D eigenvalue weighted by Gasteiger charge is 2.12. The van der Waals surface area contributed by atoms with Crippen LogP contribution in [0.5, 0.6) is 0 Å². The quantitative estimate of drug-likeness (QED) is 0.594. The summed E-state index contributed by atoms with van der Waals surface area (Å²) in [4.78, 5) is 29.6. The molecule has 0 aliphatic heterocycles. The molecule has 3 aromatic rings. The molecule has 0 saturated heterocycles. The lowest BCUT2D eigenvalue weighted by Crippen LogP contribution is -2.29. The third kappa shape index (κ3) is 4.33. The molecule has 0 atom stereocenters. The Labute approximate surface area is 154 Å². The Morgan fingerprint density at radius 1 is 1.23 bits per heavy atom. The molecule has 2 amide bonds. The zero-order valence-corrected chi connectivity index (χ0v) is 15.3. The molecule has 2 N–H and O–H groups in total. The Morgan fingerprint density at radius 3 is 2.81 bits per heavy atom. The van der Waals surface area contributed by atoms with Gasteiger partial charge < -0.3 is 15.5 Å². The summed E-state index contributed by atoms with van der Waals surface area (Å²) in [5.41, 5.74) is 1.13. The number of carbonyl (C=O) groups excluding carboxylic acids is 2. The molecule has 0 aliphatic rings. The molecular formula is C16H19N7O2S. The summed E-state index contributed by atoms with van der Waals surface area (Å²) < 4.78 is 2.46. The summed E-state index contributed by atoms with van der Waals surface area (Å²) in [5.74, 6) is -0.457. The molecule has 10 heteroatoms. The molecule has 0 bridgehead atoms. The van der Waals surface area contributed by atoms with Crippen LogP contribution >= 0.6 is 11.3 Å². The lowest BCUT2D eigenvalue weighted by Gasteiger charge is -2.08. The molecule has 0 fully saturated rings. The van der Waals surface area contributed by atoms with Crippen LogP contribution in [-0.2, 0) is 11.3 Å². The average Bonchev–Trinajstić information content (AvgIpc) is 3.24. The van der Waals surface area contributed by atoms with E-state index in [4.69, 9.17) is 0 Å². The summed E-state index contributed by atoms with van der Waals surface area (Å²) in [7, 11) is 3.32. The lowest BCUT2D eigenvalue weighted by molar-refractivity contribution is -0.129. The van der Waals surface area contributed by atoms with Gasteiger partial charge in [0.1, 0.15) is 6.54 Å². The minimum Gasteiger partial charge on any atom is -0.360 e. The third-order valence-electron chi connectivity index (χ3n) is 3.55. The smallest absolute Gasteiger partial charge is 0.273 e. The Balaban J connectivity index is 1.45. The summed E-state index contributed by atoms with van der Waals surface area (Å²) in [6, 6.07) is 7.91. The van der Waals surface area contributed by atoms with Gasteiger partial charge >= 0.3 is 0 Å². The van der Waals surface area contributed by atoms with Crippen molar-refractivity contribution in [2.75, 3.05) is 32.5 Å². The van der Waals surface area contributed by atoms with E-state index >= 15 is 0 Å². The Bertz CT molecular complexity index is 885. The van der Waals surface area contributed by atoms with E-state index in [9.17, 15) is 9.59 Å². The van der Waals surface area contributed by atoms with Gasteiger partial charge in [0.2, 0.25) is 5.91 Å². The molecular weight excluding hydrogens is 354 g/mol. The molecule has 2 aromatic heterocycles. The van der Waals surface area contributed by atoms with E-state index in [1.165, 1.54) is 15.8 Å².